The summed E-state index contributed by atoms with van der Waals surface area (Å²) >= 11 is 0. The van der Waals surface area contributed by atoms with Crippen LogP contribution in [0.3, 0.4) is 0 Å². The Hall–Kier alpha value is -2.04. The maximum absolute atomic E-state index is 11.4. The number of H-pyrrole nitrogens is 2. The maximum Gasteiger partial charge on any atom is 0.314 e. The van der Waals surface area contributed by atoms with Crippen LogP contribution >= 0.6 is 0 Å². The average molecular weight is 273 g/mol. The van der Waals surface area contributed by atoms with Gasteiger partial charge in [-0.05, 0) is 37.0 Å². The van der Waals surface area contributed by atoms with E-state index in [4.69, 9.17) is 0 Å². The van der Waals surface area contributed by atoms with Crippen molar-refractivity contribution in [1.29, 1.82) is 0 Å². The number of hydrogen-bond donors (Lipinski definition) is 3. The van der Waals surface area contributed by atoms with E-state index in [0.717, 1.165) is 5.69 Å². The Kier molecular flexibility index (Phi) is 3.34. The molecule has 1 saturated carbocycles. The summed E-state index contributed by atoms with van der Waals surface area (Å²) in [7, 11) is 0. The molecular weight excluding hydrogens is 254 g/mol. The van der Waals surface area contributed by atoms with Gasteiger partial charge in [-0.1, -0.05) is 19.8 Å². The van der Waals surface area contributed by atoms with Crippen LogP contribution in [0.4, 0.5) is 5.69 Å². The van der Waals surface area contributed by atoms with Gasteiger partial charge in [0.25, 0.3) is 0 Å². The lowest BCUT2D eigenvalue weighted by atomic mass is 9.86. The summed E-state index contributed by atoms with van der Waals surface area (Å²) in [4.78, 5) is 27.8. The van der Waals surface area contributed by atoms with E-state index in [9.17, 15) is 9.59 Å². The number of nitrogens with one attached hydrogen (secondary N) is 3. The molecule has 1 aromatic heterocycles. The standard InChI is InChI=1S/C15H19N3O2/c1-9-4-2-3-5-11(9)16-10-6-7-12-13(8-10)18-15(20)14(19)17-12/h6-9,11,16H,2-5H2,1H3,(H,17,19)(H,18,20). The summed E-state index contributed by atoms with van der Waals surface area (Å²) in [6, 6.07) is 6.13. The van der Waals surface area contributed by atoms with Gasteiger partial charge in [0, 0.05) is 11.7 Å². The Morgan fingerprint density at radius 1 is 1.05 bits per heavy atom. The van der Waals surface area contributed by atoms with E-state index < -0.39 is 11.1 Å². The monoisotopic (exact) mass is 273 g/mol. The smallest absolute Gasteiger partial charge is 0.314 e. The van der Waals surface area contributed by atoms with E-state index in [1.807, 2.05) is 18.2 Å². The van der Waals surface area contributed by atoms with Crippen molar-refractivity contribution in [3.8, 4) is 0 Å². The van der Waals surface area contributed by atoms with E-state index in [-0.39, 0.29) is 0 Å². The van der Waals surface area contributed by atoms with Crippen molar-refractivity contribution < 1.29 is 0 Å². The second-order valence-electron chi connectivity index (χ2n) is 5.68. The van der Waals surface area contributed by atoms with Crippen molar-refractivity contribution in [3.63, 3.8) is 0 Å². The van der Waals surface area contributed by atoms with Gasteiger partial charge < -0.3 is 15.3 Å². The zero-order valence-corrected chi connectivity index (χ0v) is 11.5. The Balaban J connectivity index is 1.90. The number of benzene rings is 1. The Morgan fingerprint density at radius 3 is 2.50 bits per heavy atom. The SMILES string of the molecule is CC1CCCCC1Nc1ccc2[nH]c(=O)c(=O)[nH]c2c1. The molecule has 3 rings (SSSR count). The molecule has 2 unspecified atom stereocenters. The van der Waals surface area contributed by atoms with Crippen LogP contribution in [0.1, 0.15) is 32.6 Å². The quantitative estimate of drug-likeness (QED) is 0.734. The molecule has 20 heavy (non-hydrogen) atoms. The molecule has 0 aliphatic heterocycles. The molecule has 1 fully saturated rings. The number of fused-ring (bicyclic) bond motifs is 1. The molecule has 0 saturated heterocycles. The summed E-state index contributed by atoms with van der Waals surface area (Å²) in [6.45, 7) is 2.28. The van der Waals surface area contributed by atoms with Crippen LogP contribution in [0, 0.1) is 5.92 Å². The molecule has 1 aliphatic rings. The molecule has 0 bridgehead atoms. The molecule has 0 amide bonds. The largest absolute Gasteiger partial charge is 0.382 e. The van der Waals surface area contributed by atoms with E-state index in [0.29, 0.717) is 23.0 Å². The van der Waals surface area contributed by atoms with Crippen LogP contribution in [0.5, 0.6) is 0 Å². The predicted octanol–water partition coefficient (Wildman–Crippen LogP) is 2.21. The molecule has 3 N–H and O–H groups in total. The van der Waals surface area contributed by atoms with E-state index in [1.54, 1.807) is 0 Å². The van der Waals surface area contributed by atoms with Gasteiger partial charge in [0.1, 0.15) is 0 Å². The van der Waals surface area contributed by atoms with Crippen molar-refractivity contribution in [2.24, 2.45) is 5.92 Å². The highest BCUT2D eigenvalue weighted by Crippen LogP contribution is 2.27. The molecule has 5 nitrogen and oxygen atoms in total. The molecule has 5 heteroatoms. The zero-order valence-electron chi connectivity index (χ0n) is 11.5. The Labute approximate surface area is 116 Å². The van der Waals surface area contributed by atoms with Crippen molar-refractivity contribution in [1.82, 2.24) is 9.97 Å². The fourth-order valence-corrected chi connectivity index (χ4v) is 2.95. The normalized spacial score (nSPS) is 22.9. The molecule has 1 aromatic carbocycles. The van der Waals surface area contributed by atoms with Crippen LogP contribution in [-0.4, -0.2) is 16.0 Å². The summed E-state index contributed by atoms with van der Waals surface area (Å²) in [5.74, 6) is 0.661. The molecule has 1 heterocycles. The van der Waals surface area contributed by atoms with E-state index >= 15 is 0 Å². The first-order chi connectivity index (χ1) is 9.63. The van der Waals surface area contributed by atoms with Crippen molar-refractivity contribution in [3.05, 3.63) is 38.9 Å². The molecule has 106 valence electrons. The number of aromatic amines is 2. The fraction of sp³-hybridized carbons (Fsp3) is 0.467. The predicted molar refractivity (Wildman–Crippen MR) is 80.2 cm³/mol. The molecule has 0 spiro atoms. The van der Waals surface area contributed by atoms with Crippen molar-refractivity contribution in [2.75, 3.05) is 5.32 Å². The van der Waals surface area contributed by atoms with Crippen molar-refractivity contribution in [2.45, 2.75) is 38.6 Å². The highest BCUT2D eigenvalue weighted by molar-refractivity contribution is 5.78. The van der Waals surface area contributed by atoms with Crippen LogP contribution < -0.4 is 16.4 Å². The van der Waals surface area contributed by atoms with Crippen molar-refractivity contribution >= 4 is 16.7 Å². The lowest BCUT2D eigenvalue weighted by Crippen LogP contribution is -2.30. The molecule has 0 radical (unpaired) electrons. The van der Waals surface area contributed by atoms with Gasteiger partial charge >= 0.3 is 11.1 Å². The van der Waals surface area contributed by atoms with Crippen LogP contribution in [0.25, 0.3) is 11.0 Å². The summed E-state index contributed by atoms with van der Waals surface area (Å²) in [5, 5.41) is 3.54. The molecule has 2 atom stereocenters. The highest BCUT2D eigenvalue weighted by atomic mass is 16.2. The first-order valence-electron chi connectivity index (χ1n) is 7.16. The minimum Gasteiger partial charge on any atom is -0.382 e. The summed E-state index contributed by atoms with van der Waals surface area (Å²) < 4.78 is 0. The number of aromatic nitrogens is 2. The highest BCUT2D eigenvalue weighted by Gasteiger charge is 2.20. The van der Waals surface area contributed by atoms with Gasteiger partial charge in [0.15, 0.2) is 0 Å². The van der Waals surface area contributed by atoms with Gasteiger partial charge in [-0.3, -0.25) is 9.59 Å². The van der Waals surface area contributed by atoms with E-state index in [1.165, 1.54) is 25.7 Å². The van der Waals surface area contributed by atoms with Crippen LogP contribution in [0.15, 0.2) is 27.8 Å². The number of rotatable bonds is 2. The third kappa shape index (κ3) is 2.48. The topological polar surface area (TPSA) is 77.8 Å². The van der Waals surface area contributed by atoms with Gasteiger partial charge in [0.05, 0.1) is 11.0 Å². The fourth-order valence-electron chi connectivity index (χ4n) is 2.95. The third-order valence-electron chi connectivity index (χ3n) is 4.19. The first kappa shape index (κ1) is 13.0. The average Bonchev–Trinajstić information content (AvgIpc) is 2.43. The van der Waals surface area contributed by atoms with Gasteiger partial charge in [-0.15, -0.1) is 0 Å². The zero-order chi connectivity index (χ0) is 14.1. The van der Waals surface area contributed by atoms with Gasteiger partial charge in [-0.2, -0.15) is 0 Å². The third-order valence-corrected chi connectivity index (χ3v) is 4.19. The Bertz CT molecular complexity index is 732. The number of anilines is 1. The molecular formula is C15H19N3O2. The van der Waals surface area contributed by atoms with E-state index in [2.05, 4.69) is 22.2 Å². The van der Waals surface area contributed by atoms with Crippen LogP contribution in [0.2, 0.25) is 0 Å². The van der Waals surface area contributed by atoms with Gasteiger partial charge in [0.2, 0.25) is 0 Å². The second-order valence-corrected chi connectivity index (χ2v) is 5.68. The maximum atomic E-state index is 11.4. The molecule has 1 aliphatic carbocycles. The minimum absolute atomic E-state index is 0.482. The lowest BCUT2D eigenvalue weighted by Gasteiger charge is -2.30. The second kappa shape index (κ2) is 5.15. The number of hydrogen-bond acceptors (Lipinski definition) is 3. The minimum atomic E-state index is -0.612. The van der Waals surface area contributed by atoms with Gasteiger partial charge in [-0.25, -0.2) is 0 Å². The first-order valence-corrected chi connectivity index (χ1v) is 7.16. The van der Waals surface area contributed by atoms with Crippen LogP contribution in [-0.2, 0) is 0 Å². The molecule has 2 aromatic rings. The summed E-state index contributed by atoms with van der Waals surface area (Å²) in [6.07, 6.45) is 5.02. The lowest BCUT2D eigenvalue weighted by molar-refractivity contribution is 0.349. The Morgan fingerprint density at radius 2 is 1.75 bits per heavy atom. The summed E-state index contributed by atoms with van der Waals surface area (Å²) in [5.41, 5.74) is 1.07.